The van der Waals surface area contributed by atoms with Crippen LogP contribution in [0.5, 0.6) is 40.2 Å². The van der Waals surface area contributed by atoms with Gasteiger partial charge in [0.05, 0.1) is 10.9 Å². The van der Waals surface area contributed by atoms with E-state index < -0.39 is 34.7 Å². The molecule has 6 N–H and O–H groups in total. The maximum absolute atomic E-state index is 14.0. The van der Waals surface area contributed by atoms with Gasteiger partial charge in [-0.15, -0.1) is 0 Å². The van der Waals surface area contributed by atoms with Gasteiger partial charge in [0.25, 0.3) is 0 Å². The van der Waals surface area contributed by atoms with Crippen LogP contribution in [0.4, 0.5) is 0 Å². The molecule has 196 valence electrons. The minimum absolute atomic E-state index is 0.00772. The summed E-state index contributed by atoms with van der Waals surface area (Å²) in [4.78, 5) is 14.0. The molecule has 0 spiro atoms. The fourth-order valence-electron chi connectivity index (χ4n) is 5.01. The lowest BCUT2D eigenvalue weighted by Gasteiger charge is -2.27. The van der Waals surface area contributed by atoms with Crippen LogP contribution in [0.2, 0.25) is 0 Å². The molecule has 1 aliphatic heterocycles. The second-order valence-electron chi connectivity index (χ2n) is 9.35. The van der Waals surface area contributed by atoms with E-state index in [4.69, 9.17) is 9.15 Å². The van der Waals surface area contributed by atoms with Crippen LogP contribution in [0, 0.1) is 0 Å². The fraction of sp³-hybridized carbons (Fsp3) is 0.100. The van der Waals surface area contributed by atoms with Gasteiger partial charge in [-0.3, -0.25) is 4.79 Å². The van der Waals surface area contributed by atoms with Gasteiger partial charge in [0.15, 0.2) is 0 Å². The highest BCUT2D eigenvalue weighted by molar-refractivity contribution is 6.23. The van der Waals surface area contributed by atoms with E-state index in [0.717, 1.165) is 17.7 Å². The standard InChI is InChI=1S/C30H22O9/c31-16-5-1-14(2-6-16)23-10-9-19-20(34)13-24-26(30(19)38-23)27(29(39-24)15-3-7-17(32)8-4-15)28(37)25-21(35)11-18(33)12-22(25)36/h1-8,11-13,23,31-36H,9-10H2. The number of ketones is 1. The molecule has 1 aliphatic rings. The summed E-state index contributed by atoms with van der Waals surface area (Å²) in [5.74, 6) is -2.24. The molecule has 0 amide bonds. The number of hydrogen-bond donors (Lipinski definition) is 6. The Labute approximate surface area is 221 Å². The van der Waals surface area contributed by atoms with Gasteiger partial charge < -0.3 is 39.8 Å². The van der Waals surface area contributed by atoms with E-state index in [1.54, 1.807) is 24.3 Å². The normalized spacial score (nSPS) is 14.6. The zero-order valence-corrected chi connectivity index (χ0v) is 20.3. The van der Waals surface area contributed by atoms with Gasteiger partial charge in [0.2, 0.25) is 5.78 Å². The lowest BCUT2D eigenvalue weighted by atomic mass is 9.91. The van der Waals surface area contributed by atoms with Crippen molar-refractivity contribution < 1.29 is 44.6 Å². The third-order valence-electron chi connectivity index (χ3n) is 6.86. The second kappa shape index (κ2) is 8.91. The average molecular weight is 526 g/mol. The first-order valence-corrected chi connectivity index (χ1v) is 12.1. The first-order chi connectivity index (χ1) is 18.7. The van der Waals surface area contributed by atoms with Crippen LogP contribution < -0.4 is 4.74 Å². The highest BCUT2D eigenvalue weighted by Crippen LogP contribution is 2.50. The largest absolute Gasteiger partial charge is 0.508 e. The van der Waals surface area contributed by atoms with Crippen LogP contribution in [0.25, 0.3) is 22.3 Å². The predicted octanol–water partition coefficient (Wildman–Crippen LogP) is 5.63. The molecule has 1 aromatic heterocycles. The number of rotatable bonds is 4. The SMILES string of the molecule is O=C(c1c(O)cc(O)cc1O)c1c(-c2ccc(O)cc2)oc2cc(O)c3c(c12)OC(c1ccc(O)cc1)CC3. The van der Waals surface area contributed by atoms with Crippen molar-refractivity contribution in [2.24, 2.45) is 0 Å². The first-order valence-electron chi connectivity index (χ1n) is 12.1. The van der Waals surface area contributed by atoms with E-state index in [-0.39, 0.29) is 45.3 Å². The van der Waals surface area contributed by atoms with Crippen LogP contribution in [-0.4, -0.2) is 36.4 Å². The number of benzene rings is 4. The van der Waals surface area contributed by atoms with Gasteiger partial charge in [-0.2, -0.15) is 0 Å². The Morgan fingerprint density at radius 3 is 1.97 bits per heavy atom. The molecule has 0 fully saturated rings. The third kappa shape index (κ3) is 4.00. The van der Waals surface area contributed by atoms with Crippen molar-refractivity contribution in [3.63, 3.8) is 0 Å². The van der Waals surface area contributed by atoms with Crippen molar-refractivity contribution in [3.8, 4) is 51.6 Å². The summed E-state index contributed by atoms with van der Waals surface area (Å²) in [6.07, 6.45) is 0.460. The van der Waals surface area contributed by atoms with Crippen LogP contribution in [0.3, 0.4) is 0 Å². The van der Waals surface area contributed by atoms with Crippen molar-refractivity contribution in [1.29, 1.82) is 0 Å². The number of carbonyl (C=O) groups excluding carboxylic acids is 1. The summed E-state index contributed by atoms with van der Waals surface area (Å²) in [5, 5.41) is 61.3. The van der Waals surface area contributed by atoms with E-state index in [1.165, 1.54) is 30.3 Å². The topological polar surface area (TPSA) is 161 Å². The van der Waals surface area contributed by atoms with Crippen LogP contribution >= 0.6 is 0 Å². The zero-order chi connectivity index (χ0) is 27.4. The molecule has 5 aromatic rings. The Morgan fingerprint density at radius 2 is 1.33 bits per heavy atom. The molecular weight excluding hydrogens is 504 g/mol. The predicted molar refractivity (Wildman–Crippen MR) is 140 cm³/mol. The highest BCUT2D eigenvalue weighted by Gasteiger charge is 2.34. The second-order valence-corrected chi connectivity index (χ2v) is 9.35. The van der Waals surface area contributed by atoms with Gasteiger partial charge in [-0.1, -0.05) is 12.1 Å². The van der Waals surface area contributed by atoms with Crippen LogP contribution in [0.15, 0.2) is 71.1 Å². The lowest BCUT2D eigenvalue weighted by Crippen LogP contribution is -2.16. The molecular formula is C30H22O9. The number of hydrogen-bond acceptors (Lipinski definition) is 9. The number of ether oxygens (including phenoxy) is 1. The van der Waals surface area contributed by atoms with E-state index in [2.05, 4.69) is 0 Å². The van der Waals surface area contributed by atoms with Crippen molar-refractivity contribution in [3.05, 3.63) is 89.0 Å². The van der Waals surface area contributed by atoms with Crippen molar-refractivity contribution in [2.75, 3.05) is 0 Å². The molecule has 6 rings (SSSR count). The van der Waals surface area contributed by atoms with Crippen molar-refractivity contribution in [1.82, 2.24) is 0 Å². The summed E-state index contributed by atoms with van der Waals surface area (Å²) < 4.78 is 12.5. The fourth-order valence-corrected chi connectivity index (χ4v) is 5.01. The van der Waals surface area contributed by atoms with Gasteiger partial charge in [0, 0.05) is 29.3 Å². The Balaban J connectivity index is 1.62. The number of phenols is 6. The van der Waals surface area contributed by atoms with Gasteiger partial charge in [-0.05, 0) is 54.8 Å². The van der Waals surface area contributed by atoms with Crippen molar-refractivity contribution in [2.45, 2.75) is 18.9 Å². The molecule has 0 bridgehead atoms. The molecule has 0 radical (unpaired) electrons. The molecule has 0 saturated carbocycles. The van der Waals surface area contributed by atoms with E-state index >= 15 is 0 Å². The average Bonchev–Trinajstić information content (AvgIpc) is 3.28. The lowest BCUT2D eigenvalue weighted by molar-refractivity contribution is 0.103. The third-order valence-corrected chi connectivity index (χ3v) is 6.86. The van der Waals surface area contributed by atoms with Crippen molar-refractivity contribution >= 4 is 16.8 Å². The summed E-state index contributed by atoms with van der Waals surface area (Å²) in [7, 11) is 0. The van der Waals surface area contributed by atoms with E-state index in [9.17, 15) is 35.4 Å². The minimum Gasteiger partial charge on any atom is -0.508 e. The Bertz CT molecular complexity index is 1730. The number of phenolic OH excluding ortho intramolecular Hbond substituents is 6. The Hall–Kier alpha value is -5.31. The number of fused-ring (bicyclic) bond motifs is 3. The molecule has 1 atom stereocenters. The molecule has 9 heteroatoms. The Morgan fingerprint density at radius 1 is 0.718 bits per heavy atom. The molecule has 0 saturated heterocycles. The summed E-state index contributed by atoms with van der Waals surface area (Å²) in [6.45, 7) is 0. The number of aromatic hydroxyl groups is 6. The minimum atomic E-state index is -0.810. The number of carbonyl (C=O) groups is 1. The molecule has 0 aliphatic carbocycles. The quantitative estimate of drug-likeness (QED) is 0.163. The zero-order valence-electron chi connectivity index (χ0n) is 20.3. The molecule has 9 nitrogen and oxygen atoms in total. The van der Waals surface area contributed by atoms with Gasteiger partial charge in [-0.25, -0.2) is 0 Å². The summed E-state index contributed by atoms with van der Waals surface area (Å²) in [5.41, 5.74) is 1.27. The first kappa shape index (κ1) is 24.1. The summed E-state index contributed by atoms with van der Waals surface area (Å²) in [6, 6.07) is 15.7. The monoisotopic (exact) mass is 526 g/mol. The summed E-state index contributed by atoms with van der Waals surface area (Å²) >= 11 is 0. The van der Waals surface area contributed by atoms with E-state index in [1.807, 2.05) is 0 Å². The van der Waals surface area contributed by atoms with Crippen LogP contribution in [-0.2, 0) is 6.42 Å². The van der Waals surface area contributed by atoms with Gasteiger partial charge in [0.1, 0.15) is 63.3 Å². The molecule has 4 aromatic carbocycles. The maximum atomic E-state index is 14.0. The molecule has 2 heterocycles. The van der Waals surface area contributed by atoms with Crippen LogP contribution in [0.1, 0.15) is 39.6 Å². The molecule has 39 heavy (non-hydrogen) atoms. The number of furan rings is 1. The highest BCUT2D eigenvalue weighted by atomic mass is 16.5. The van der Waals surface area contributed by atoms with E-state index in [0.29, 0.717) is 24.0 Å². The smallest absolute Gasteiger partial charge is 0.205 e. The maximum Gasteiger partial charge on any atom is 0.205 e. The molecule has 1 unspecified atom stereocenters. The Kier molecular flexibility index (Phi) is 5.50. The van der Waals surface area contributed by atoms with Gasteiger partial charge >= 0.3 is 0 Å².